The first-order valence-electron chi connectivity index (χ1n) is 5.38. The van der Waals surface area contributed by atoms with Crippen LogP contribution >= 0.6 is 17.0 Å². The van der Waals surface area contributed by atoms with Gasteiger partial charge in [0.25, 0.3) is 0 Å². The molecule has 16 heavy (non-hydrogen) atoms. The van der Waals surface area contributed by atoms with E-state index in [1.54, 1.807) is 0 Å². The van der Waals surface area contributed by atoms with Crippen molar-refractivity contribution in [2.24, 2.45) is 0 Å². The number of benzene rings is 1. The van der Waals surface area contributed by atoms with Gasteiger partial charge < -0.3 is 0 Å². The van der Waals surface area contributed by atoms with Crippen LogP contribution in [0.3, 0.4) is 0 Å². The van der Waals surface area contributed by atoms with Crippen LogP contribution in [0.4, 0.5) is 0 Å². The molecule has 0 unspecified atom stereocenters. The van der Waals surface area contributed by atoms with Crippen LogP contribution in [-0.4, -0.2) is 0 Å². The zero-order chi connectivity index (χ0) is 12.1. The van der Waals surface area contributed by atoms with Gasteiger partial charge in [0.2, 0.25) is 0 Å². The zero-order valence-electron chi connectivity index (χ0n) is 9.90. The molecule has 1 aromatic carbocycles. The molecular weight excluding hydrogens is 318 g/mol. The van der Waals surface area contributed by atoms with Crippen molar-refractivity contribution in [3.63, 3.8) is 0 Å². The molecule has 0 saturated heterocycles. The summed E-state index contributed by atoms with van der Waals surface area (Å²) in [5.74, 6) is 0. The molecule has 1 aliphatic rings. The summed E-state index contributed by atoms with van der Waals surface area (Å²) in [5, 5.41) is 0. The summed E-state index contributed by atoms with van der Waals surface area (Å²) < 4.78 is 0. The van der Waals surface area contributed by atoms with Crippen molar-refractivity contribution in [2.75, 3.05) is 0 Å². The molecule has 0 radical (unpaired) electrons. The van der Waals surface area contributed by atoms with E-state index in [0.29, 0.717) is 0 Å². The van der Waals surface area contributed by atoms with Gasteiger partial charge in [-0.05, 0) is 48.9 Å². The van der Waals surface area contributed by atoms with E-state index in [-0.39, 0.29) is 0 Å². The molecule has 0 nitrogen and oxygen atoms in total. The van der Waals surface area contributed by atoms with Gasteiger partial charge in [0.05, 0.1) is 0 Å². The molecule has 1 aromatic rings. The monoisotopic (exact) mass is 332 g/mol. The molecular formula is C13H16Cl2Zr. The van der Waals surface area contributed by atoms with Crippen molar-refractivity contribution in [1.82, 2.24) is 0 Å². The van der Waals surface area contributed by atoms with Crippen LogP contribution in [0, 0.1) is 6.92 Å². The summed E-state index contributed by atoms with van der Waals surface area (Å²) in [6.07, 6.45) is 4.66. The number of allylic oxidation sites excluding steroid dienone is 1. The van der Waals surface area contributed by atoms with Gasteiger partial charge in [-0.25, -0.2) is 0 Å². The van der Waals surface area contributed by atoms with Crippen LogP contribution in [0.2, 0.25) is 0 Å². The number of hydrogen-bond donors (Lipinski definition) is 0. The Balaban J connectivity index is 0.000000386. The van der Waals surface area contributed by atoms with Crippen molar-refractivity contribution in [2.45, 2.75) is 33.6 Å². The predicted molar refractivity (Wildman–Crippen MR) is 69.6 cm³/mol. The average molecular weight is 334 g/mol. The van der Waals surface area contributed by atoms with Crippen molar-refractivity contribution in [1.29, 1.82) is 0 Å². The first kappa shape index (κ1) is 14.5. The number of aryl methyl sites for hydroxylation is 1. The van der Waals surface area contributed by atoms with Gasteiger partial charge in [-0.3, -0.25) is 0 Å². The van der Waals surface area contributed by atoms with Gasteiger partial charge in [0.1, 0.15) is 0 Å². The topological polar surface area (TPSA) is 0 Å². The van der Waals surface area contributed by atoms with E-state index >= 15 is 0 Å². The summed E-state index contributed by atoms with van der Waals surface area (Å²) >= 11 is -0.826. The molecule has 2 rings (SSSR count). The Hall–Kier alpha value is 0.423. The van der Waals surface area contributed by atoms with E-state index in [1.807, 2.05) is 0 Å². The Morgan fingerprint density at radius 3 is 2.44 bits per heavy atom. The first-order chi connectivity index (χ1) is 7.63. The molecule has 1 aliphatic carbocycles. The van der Waals surface area contributed by atoms with E-state index in [1.165, 1.54) is 27.8 Å². The van der Waals surface area contributed by atoms with Crippen LogP contribution in [0.5, 0.6) is 0 Å². The van der Waals surface area contributed by atoms with Crippen molar-refractivity contribution < 1.29 is 20.8 Å². The molecule has 0 aromatic heterocycles. The molecule has 86 valence electrons. The predicted octanol–water partition coefficient (Wildman–Crippen LogP) is 4.89. The Labute approximate surface area is 117 Å². The Bertz CT molecular complexity index is 397. The molecule has 0 N–H and O–H groups in total. The maximum absolute atomic E-state index is 4.93. The molecule has 0 heterocycles. The van der Waals surface area contributed by atoms with Crippen LogP contribution in [0.15, 0.2) is 17.7 Å². The molecule has 0 amide bonds. The number of halogens is 2. The minimum absolute atomic E-state index is 0.826. The summed E-state index contributed by atoms with van der Waals surface area (Å²) in [5.41, 5.74) is 7.48. The summed E-state index contributed by atoms with van der Waals surface area (Å²) in [4.78, 5) is 0. The molecule has 0 aliphatic heterocycles. The second kappa shape index (κ2) is 6.99. The standard InChI is InChI=1S/C13H16.2ClH.Zr/c1-4-12-10(3)5-6-11-7-9(2)8-13(11)12;;;/h5-6,8H,4,7H2,1-3H3;2*1H;/q;;;+2/p-2. The van der Waals surface area contributed by atoms with E-state index in [9.17, 15) is 0 Å². The summed E-state index contributed by atoms with van der Waals surface area (Å²) in [6, 6.07) is 4.53. The Morgan fingerprint density at radius 1 is 1.25 bits per heavy atom. The Kier molecular flexibility index (Phi) is 6.33. The van der Waals surface area contributed by atoms with E-state index in [4.69, 9.17) is 17.0 Å². The normalized spacial score (nSPS) is 12.4. The fraction of sp³-hybridized carbons (Fsp3) is 0.385. The van der Waals surface area contributed by atoms with Gasteiger partial charge in [-0.2, -0.15) is 0 Å². The molecule has 0 bridgehead atoms. The SMILES string of the molecule is CCc1c(C)ccc2c1C=C(C)C2.[Cl][Zr][Cl]. The third-order valence-electron chi connectivity index (χ3n) is 2.90. The summed E-state index contributed by atoms with van der Waals surface area (Å²) in [6.45, 7) is 6.67. The van der Waals surface area contributed by atoms with E-state index in [2.05, 4.69) is 39.0 Å². The fourth-order valence-electron chi connectivity index (χ4n) is 2.22. The minimum atomic E-state index is -0.826. The first-order valence-corrected chi connectivity index (χ1v) is 11.7. The van der Waals surface area contributed by atoms with Gasteiger partial charge >= 0.3 is 37.9 Å². The van der Waals surface area contributed by atoms with Gasteiger partial charge in [0, 0.05) is 0 Å². The molecule has 0 spiro atoms. The van der Waals surface area contributed by atoms with Gasteiger partial charge in [-0.15, -0.1) is 0 Å². The van der Waals surface area contributed by atoms with Crippen molar-refractivity contribution in [3.8, 4) is 0 Å². The van der Waals surface area contributed by atoms with E-state index in [0.717, 1.165) is 12.8 Å². The molecule has 3 heteroatoms. The van der Waals surface area contributed by atoms with E-state index < -0.39 is 20.8 Å². The van der Waals surface area contributed by atoms with Crippen LogP contribution in [-0.2, 0) is 33.7 Å². The van der Waals surface area contributed by atoms with Crippen molar-refractivity contribution in [3.05, 3.63) is 40.0 Å². The number of rotatable bonds is 1. The van der Waals surface area contributed by atoms with Crippen LogP contribution in [0.25, 0.3) is 6.08 Å². The zero-order valence-corrected chi connectivity index (χ0v) is 13.9. The Morgan fingerprint density at radius 2 is 1.88 bits per heavy atom. The molecule has 0 atom stereocenters. The van der Waals surface area contributed by atoms with Gasteiger partial charge in [-0.1, -0.05) is 30.7 Å². The number of fused-ring (bicyclic) bond motifs is 1. The molecule has 0 saturated carbocycles. The maximum atomic E-state index is 4.93. The third-order valence-corrected chi connectivity index (χ3v) is 2.90. The quantitative estimate of drug-likeness (QED) is 0.686. The van der Waals surface area contributed by atoms with Crippen LogP contribution in [0.1, 0.15) is 36.1 Å². The summed E-state index contributed by atoms with van der Waals surface area (Å²) in [7, 11) is 9.87. The third kappa shape index (κ3) is 3.46. The number of hydrogen-bond acceptors (Lipinski definition) is 0. The average Bonchev–Trinajstić information content (AvgIpc) is 2.60. The van der Waals surface area contributed by atoms with Gasteiger partial charge in [0.15, 0.2) is 0 Å². The second-order valence-corrected chi connectivity index (χ2v) is 7.76. The van der Waals surface area contributed by atoms with Crippen molar-refractivity contribution >= 4 is 23.1 Å². The second-order valence-electron chi connectivity index (χ2n) is 4.03. The fourth-order valence-corrected chi connectivity index (χ4v) is 2.22. The molecule has 0 fully saturated rings. The van der Waals surface area contributed by atoms with Crippen LogP contribution < -0.4 is 0 Å².